The van der Waals surface area contributed by atoms with Gasteiger partial charge in [-0.25, -0.2) is 4.39 Å². The minimum Gasteiger partial charge on any atom is -0.347 e. The fourth-order valence-corrected chi connectivity index (χ4v) is 4.06. The molecule has 2 aliphatic heterocycles. The highest BCUT2D eigenvalue weighted by atomic mass is 19.1. The summed E-state index contributed by atoms with van der Waals surface area (Å²) in [6, 6.07) is 11.7. The van der Waals surface area contributed by atoms with Crippen LogP contribution in [0.25, 0.3) is 22.0 Å². The molecule has 0 radical (unpaired) electrons. The van der Waals surface area contributed by atoms with Crippen molar-refractivity contribution in [1.29, 1.82) is 0 Å². The zero-order valence-electron chi connectivity index (χ0n) is 13.9. The lowest BCUT2D eigenvalue weighted by Crippen LogP contribution is -2.22. The number of carbonyl (C=O) groups is 2. The average molecular weight is 346 g/mol. The Labute approximate surface area is 148 Å². The van der Waals surface area contributed by atoms with Crippen molar-refractivity contribution in [3.05, 3.63) is 71.2 Å². The highest BCUT2D eigenvalue weighted by Gasteiger charge is 2.34. The third-order valence-electron chi connectivity index (χ3n) is 5.16. The van der Waals surface area contributed by atoms with E-state index in [4.69, 9.17) is 0 Å². The molecule has 26 heavy (non-hydrogen) atoms. The van der Waals surface area contributed by atoms with Gasteiger partial charge in [0.1, 0.15) is 5.82 Å². The smallest absolute Gasteiger partial charge is 0.259 e. The van der Waals surface area contributed by atoms with Gasteiger partial charge in [-0.3, -0.25) is 14.9 Å². The summed E-state index contributed by atoms with van der Waals surface area (Å²) in [7, 11) is 0. The van der Waals surface area contributed by atoms with Crippen LogP contribution in [-0.4, -0.2) is 16.4 Å². The number of para-hydroxylation sites is 1. The standard InChI is InChI=1S/C21H15FN2O2/c22-14-8-6-12(7-9-14)17-18(21(26)23-20(17)25)16-11-24-10-2-4-13-3-1-5-15(16)19(13)24/h1,3,5-9,11H,2,4,10H2,(H,23,25,26). The van der Waals surface area contributed by atoms with Crippen LogP contribution in [0.3, 0.4) is 0 Å². The first-order valence-corrected chi connectivity index (χ1v) is 8.60. The molecule has 0 saturated carbocycles. The summed E-state index contributed by atoms with van der Waals surface area (Å²) in [5, 5.41) is 3.37. The van der Waals surface area contributed by atoms with Gasteiger partial charge in [0, 0.05) is 23.7 Å². The summed E-state index contributed by atoms with van der Waals surface area (Å²) in [4.78, 5) is 25.1. The minimum absolute atomic E-state index is 0.304. The van der Waals surface area contributed by atoms with E-state index in [9.17, 15) is 14.0 Å². The van der Waals surface area contributed by atoms with Crippen molar-refractivity contribution in [2.24, 2.45) is 0 Å². The Hall–Kier alpha value is -3.21. The molecule has 1 aromatic heterocycles. The van der Waals surface area contributed by atoms with Crippen LogP contribution in [0.1, 0.15) is 23.1 Å². The van der Waals surface area contributed by atoms with Crippen molar-refractivity contribution in [2.75, 3.05) is 0 Å². The highest BCUT2D eigenvalue weighted by Crippen LogP contribution is 2.38. The Kier molecular flexibility index (Phi) is 3.13. The molecular formula is C21H15FN2O2. The van der Waals surface area contributed by atoms with Crippen LogP contribution in [0.4, 0.5) is 4.39 Å². The van der Waals surface area contributed by atoms with Crippen molar-refractivity contribution in [3.8, 4) is 0 Å². The lowest BCUT2D eigenvalue weighted by Gasteiger charge is -2.14. The van der Waals surface area contributed by atoms with Gasteiger partial charge in [-0.15, -0.1) is 0 Å². The number of carbonyl (C=O) groups excluding carboxylic acids is 2. The minimum atomic E-state index is -0.441. The van der Waals surface area contributed by atoms with E-state index in [1.807, 2.05) is 18.3 Å². The second-order valence-corrected chi connectivity index (χ2v) is 6.69. The SMILES string of the molecule is O=C1NC(=O)C(c2cn3c4c(cccc24)CCC3)=C1c1ccc(F)cc1. The molecule has 1 N–H and O–H groups in total. The quantitative estimate of drug-likeness (QED) is 0.724. The van der Waals surface area contributed by atoms with Gasteiger partial charge in [0.2, 0.25) is 0 Å². The normalized spacial score (nSPS) is 16.5. The lowest BCUT2D eigenvalue weighted by molar-refractivity contribution is -0.122. The van der Waals surface area contributed by atoms with Gasteiger partial charge in [0.15, 0.2) is 0 Å². The number of hydrogen-bond acceptors (Lipinski definition) is 2. The van der Waals surface area contributed by atoms with E-state index in [0.29, 0.717) is 16.7 Å². The maximum Gasteiger partial charge on any atom is 0.259 e. The summed E-state index contributed by atoms with van der Waals surface area (Å²) < 4.78 is 15.5. The fraction of sp³-hybridized carbons (Fsp3) is 0.143. The van der Waals surface area contributed by atoms with Crippen LogP contribution >= 0.6 is 0 Å². The molecule has 4 nitrogen and oxygen atoms in total. The molecular weight excluding hydrogens is 331 g/mol. The molecule has 0 atom stereocenters. The van der Waals surface area contributed by atoms with Crippen molar-refractivity contribution in [2.45, 2.75) is 19.4 Å². The number of amides is 2. The summed E-state index contributed by atoms with van der Waals surface area (Å²) >= 11 is 0. The van der Waals surface area contributed by atoms with E-state index < -0.39 is 11.8 Å². The third-order valence-corrected chi connectivity index (χ3v) is 5.16. The monoisotopic (exact) mass is 346 g/mol. The van der Waals surface area contributed by atoms with E-state index in [2.05, 4.69) is 16.0 Å². The van der Waals surface area contributed by atoms with Crippen LogP contribution in [0.2, 0.25) is 0 Å². The molecule has 3 heterocycles. The fourth-order valence-electron chi connectivity index (χ4n) is 4.06. The first-order chi connectivity index (χ1) is 12.6. The van der Waals surface area contributed by atoms with Crippen molar-refractivity contribution < 1.29 is 14.0 Å². The number of halogens is 1. The number of hydrogen-bond donors (Lipinski definition) is 1. The molecule has 0 aliphatic carbocycles. The first-order valence-electron chi connectivity index (χ1n) is 8.60. The summed E-state index contributed by atoms with van der Waals surface area (Å²) in [5.74, 6) is -1.23. The molecule has 0 bridgehead atoms. The Morgan fingerprint density at radius 1 is 0.962 bits per heavy atom. The van der Waals surface area contributed by atoms with Gasteiger partial charge in [-0.05, 0) is 36.1 Å². The molecule has 5 rings (SSSR count). The second-order valence-electron chi connectivity index (χ2n) is 6.69. The van der Waals surface area contributed by atoms with Crippen molar-refractivity contribution in [1.82, 2.24) is 9.88 Å². The lowest BCUT2D eigenvalue weighted by atomic mass is 9.95. The zero-order valence-corrected chi connectivity index (χ0v) is 13.9. The van der Waals surface area contributed by atoms with Gasteiger partial charge in [-0.1, -0.05) is 30.3 Å². The number of aromatic nitrogens is 1. The molecule has 3 aromatic rings. The molecule has 0 saturated heterocycles. The topological polar surface area (TPSA) is 51.1 Å². The maximum atomic E-state index is 13.3. The number of nitrogens with zero attached hydrogens (tertiary/aromatic N) is 1. The third kappa shape index (κ3) is 2.07. The number of rotatable bonds is 2. The second kappa shape index (κ2) is 5.39. The van der Waals surface area contributed by atoms with E-state index in [-0.39, 0.29) is 5.82 Å². The van der Waals surface area contributed by atoms with Crippen LogP contribution in [0.5, 0.6) is 0 Å². The zero-order chi connectivity index (χ0) is 17.8. The predicted molar refractivity (Wildman–Crippen MR) is 96.6 cm³/mol. The van der Waals surface area contributed by atoms with Crippen LogP contribution < -0.4 is 5.32 Å². The Morgan fingerprint density at radius 2 is 1.73 bits per heavy atom. The molecule has 128 valence electrons. The Morgan fingerprint density at radius 3 is 2.54 bits per heavy atom. The van der Waals surface area contributed by atoms with Gasteiger partial charge in [0.05, 0.1) is 16.7 Å². The Balaban J connectivity index is 1.81. The van der Waals surface area contributed by atoms with E-state index in [0.717, 1.165) is 35.9 Å². The van der Waals surface area contributed by atoms with Crippen LogP contribution in [-0.2, 0) is 22.6 Å². The number of imide groups is 1. The predicted octanol–water partition coefficient (Wildman–Crippen LogP) is 3.29. The summed E-state index contributed by atoms with van der Waals surface area (Å²) in [6.07, 6.45) is 4.02. The van der Waals surface area contributed by atoms with Crippen LogP contribution in [0, 0.1) is 5.82 Å². The molecule has 0 unspecified atom stereocenters. The molecule has 2 amide bonds. The van der Waals surface area contributed by atoms with E-state index in [1.165, 1.54) is 29.8 Å². The summed E-state index contributed by atoms with van der Waals surface area (Å²) in [5.41, 5.74) is 4.35. The van der Waals surface area contributed by atoms with Gasteiger partial charge in [-0.2, -0.15) is 0 Å². The maximum absolute atomic E-state index is 13.3. The van der Waals surface area contributed by atoms with Crippen molar-refractivity contribution >= 4 is 33.9 Å². The van der Waals surface area contributed by atoms with Gasteiger partial charge >= 0.3 is 0 Å². The first kappa shape index (κ1) is 15.1. The van der Waals surface area contributed by atoms with E-state index in [1.54, 1.807) is 0 Å². The molecule has 5 heteroatoms. The molecule has 0 spiro atoms. The largest absolute Gasteiger partial charge is 0.347 e. The van der Waals surface area contributed by atoms with Gasteiger partial charge < -0.3 is 4.57 Å². The number of aryl methyl sites for hydroxylation is 2. The van der Waals surface area contributed by atoms with E-state index >= 15 is 0 Å². The molecule has 2 aromatic carbocycles. The Bertz CT molecular complexity index is 1120. The molecule has 2 aliphatic rings. The number of nitrogens with one attached hydrogen (secondary N) is 1. The highest BCUT2D eigenvalue weighted by molar-refractivity contribution is 6.50. The van der Waals surface area contributed by atoms with Crippen LogP contribution in [0.15, 0.2) is 48.7 Å². The van der Waals surface area contributed by atoms with Crippen molar-refractivity contribution in [3.63, 3.8) is 0 Å². The number of benzene rings is 2. The average Bonchev–Trinajstić information content (AvgIpc) is 3.14. The molecule has 0 fully saturated rings. The van der Waals surface area contributed by atoms with Gasteiger partial charge in [0.25, 0.3) is 11.8 Å². The summed E-state index contributed by atoms with van der Waals surface area (Å²) in [6.45, 7) is 0.891.